The molecule has 25 heavy (non-hydrogen) atoms. The SMILES string of the molecule is Cc1nc(CSc2nc(=O)n(C[C@@H]3CCCO3)c3c2CCCC3)cs1. The van der Waals surface area contributed by atoms with E-state index in [0.29, 0.717) is 6.54 Å². The molecule has 2 aliphatic rings. The minimum atomic E-state index is -0.117. The topological polar surface area (TPSA) is 57.0 Å². The minimum absolute atomic E-state index is 0.117. The van der Waals surface area contributed by atoms with Crippen LogP contribution in [0.1, 0.15) is 47.6 Å². The molecule has 5 nitrogen and oxygen atoms in total. The summed E-state index contributed by atoms with van der Waals surface area (Å²) in [6.45, 7) is 3.49. The Morgan fingerprint density at radius 3 is 2.96 bits per heavy atom. The fraction of sp³-hybridized carbons (Fsp3) is 0.611. The summed E-state index contributed by atoms with van der Waals surface area (Å²) in [7, 11) is 0. The van der Waals surface area contributed by atoms with E-state index in [-0.39, 0.29) is 11.8 Å². The number of aromatic nitrogens is 3. The highest BCUT2D eigenvalue weighted by atomic mass is 32.2. The quantitative estimate of drug-likeness (QED) is 0.591. The van der Waals surface area contributed by atoms with E-state index in [1.54, 1.807) is 23.1 Å². The summed E-state index contributed by atoms with van der Waals surface area (Å²) in [6.07, 6.45) is 6.63. The van der Waals surface area contributed by atoms with E-state index >= 15 is 0 Å². The second-order valence-corrected chi connectivity index (χ2v) is 8.75. The average Bonchev–Trinajstić information content (AvgIpc) is 3.27. The normalized spacial score (nSPS) is 20.0. The van der Waals surface area contributed by atoms with E-state index < -0.39 is 0 Å². The number of ether oxygens (including phenoxy) is 1. The first kappa shape index (κ1) is 17.2. The molecule has 3 heterocycles. The molecule has 0 radical (unpaired) electrons. The Kier molecular flexibility index (Phi) is 5.24. The molecule has 2 aromatic heterocycles. The lowest BCUT2D eigenvalue weighted by atomic mass is 9.97. The first-order valence-electron chi connectivity index (χ1n) is 8.98. The zero-order chi connectivity index (χ0) is 17.2. The monoisotopic (exact) mass is 377 g/mol. The largest absolute Gasteiger partial charge is 0.376 e. The third kappa shape index (κ3) is 3.83. The smallest absolute Gasteiger partial charge is 0.348 e. The molecule has 1 aliphatic carbocycles. The van der Waals surface area contributed by atoms with E-state index in [0.717, 1.165) is 60.2 Å². The number of thioether (sulfide) groups is 1. The van der Waals surface area contributed by atoms with Crippen molar-refractivity contribution in [1.29, 1.82) is 0 Å². The number of aryl methyl sites for hydroxylation is 1. The molecule has 2 aromatic rings. The van der Waals surface area contributed by atoms with Crippen molar-refractivity contribution in [2.75, 3.05) is 6.61 Å². The number of hydrogen-bond acceptors (Lipinski definition) is 6. The molecule has 4 rings (SSSR count). The molecule has 1 aliphatic heterocycles. The molecule has 1 saturated heterocycles. The van der Waals surface area contributed by atoms with Gasteiger partial charge in [-0.1, -0.05) is 11.8 Å². The highest BCUT2D eigenvalue weighted by Gasteiger charge is 2.24. The summed E-state index contributed by atoms with van der Waals surface area (Å²) in [4.78, 5) is 21.6. The van der Waals surface area contributed by atoms with E-state index in [1.165, 1.54) is 17.7 Å². The van der Waals surface area contributed by atoms with Crippen molar-refractivity contribution in [1.82, 2.24) is 14.5 Å². The molecule has 7 heteroatoms. The van der Waals surface area contributed by atoms with Gasteiger partial charge in [-0.2, -0.15) is 4.98 Å². The maximum atomic E-state index is 12.7. The number of rotatable bonds is 5. The van der Waals surface area contributed by atoms with Crippen LogP contribution < -0.4 is 5.69 Å². The van der Waals surface area contributed by atoms with Crippen molar-refractivity contribution in [2.45, 2.75) is 68.9 Å². The van der Waals surface area contributed by atoms with Crippen molar-refractivity contribution in [3.63, 3.8) is 0 Å². The van der Waals surface area contributed by atoms with Crippen LogP contribution in [0.4, 0.5) is 0 Å². The Labute approximate surface area is 155 Å². The minimum Gasteiger partial charge on any atom is -0.376 e. The van der Waals surface area contributed by atoms with Gasteiger partial charge in [0, 0.05) is 29.0 Å². The standard InChI is InChI=1S/C18H23N3O2S2/c1-12-19-13(10-24-12)11-25-17-15-6-2-3-7-16(15)21(18(22)20-17)9-14-5-4-8-23-14/h10,14H,2-9,11H2,1H3/t14-/m0/s1. The van der Waals surface area contributed by atoms with Gasteiger partial charge in [-0.05, 0) is 45.4 Å². The van der Waals surface area contributed by atoms with Gasteiger partial charge in [-0.25, -0.2) is 9.78 Å². The zero-order valence-electron chi connectivity index (χ0n) is 14.5. The van der Waals surface area contributed by atoms with Crippen LogP contribution in [0.2, 0.25) is 0 Å². The summed E-state index contributed by atoms with van der Waals surface area (Å²) in [5.74, 6) is 0.777. The van der Waals surface area contributed by atoms with E-state index in [4.69, 9.17) is 4.74 Å². The second-order valence-electron chi connectivity index (χ2n) is 6.72. The summed E-state index contributed by atoms with van der Waals surface area (Å²) >= 11 is 3.32. The first-order valence-corrected chi connectivity index (χ1v) is 10.9. The Balaban J connectivity index is 1.61. The lowest BCUT2D eigenvalue weighted by molar-refractivity contribution is 0.0947. The third-order valence-electron chi connectivity index (χ3n) is 4.88. The van der Waals surface area contributed by atoms with Crippen molar-refractivity contribution in [3.8, 4) is 0 Å². The maximum absolute atomic E-state index is 12.7. The highest BCUT2D eigenvalue weighted by molar-refractivity contribution is 7.98. The van der Waals surface area contributed by atoms with Crippen LogP contribution in [0.15, 0.2) is 15.2 Å². The molecule has 0 unspecified atom stereocenters. The Hall–Kier alpha value is -1.18. The van der Waals surface area contributed by atoms with Crippen LogP contribution in [0, 0.1) is 6.92 Å². The molecule has 0 spiro atoms. The number of fused-ring (bicyclic) bond motifs is 1. The summed E-state index contributed by atoms with van der Waals surface area (Å²) < 4.78 is 7.63. The van der Waals surface area contributed by atoms with Crippen LogP contribution >= 0.6 is 23.1 Å². The van der Waals surface area contributed by atoms with Gasteiger partial charge in [0.15, 0.2) is 0 Å². The first-order chi connectivity index (χ1) is 12.2. The molecule has 0 saturated carbocycles. The van der Waals surface area contributed by atoms with Gasteiger partial charge >= 0.3 is 5.69 Å². The van der Waals surface area contributed by atoms with Gasteiger partial charge in [0.2, 0.25) is 0 Å². The molecule has 1 fully saturated rings. The van der Waals surface area contributed by atoms with Gasteiger partial charge in [0.05, 0.1) is 23.4 Å². The highest BCUT2D eigenvalue weighted by Crippen LogP contribution is 2.31. The summed E-state index contributed by atoms with van der Waals surface area (Å²) in [5.41, 5.74) is 3.43. The van der Waals surface area contributed by atoms with Gasteiger partial charge in [-0.3, -0.25) is 4.57 Å². The molecular weight excluding hydrogens is 354 g/mol. The fourth-order valence-electron chi connectivity index (χ4n) is 3.66. The third-order valence-corrected chi connectivity index (χ3v) is 6.76. The zero-order valence-corrected chi connectivity index (χ0v) is 16.1. The fourth-order valence-corrected chi connectivity index (χ4v) is 5.35. The van der Waals surface area contributed by atoms with Gasteiger partial charge in [0.25, 0.3) is 0 Å². The Morgan fingerprint density at radius 1 is 1.32 bits per heavy atom. The molecule has 1 atom stereocenters. The van der Waals surface area contributed by atoms with Crippen molar-refractivity contribution in [2.24, 2.45) is 0 Å². The Morgan fingerprint density at radius 2 is 2.20 bits per heavy atom. The lowest BCUT2D eigenvalue weighted by Crippen LogP contribution is -2.33. The van der Waals surface area contributed by atoms with Gasteiger partial charge in [0.1, 0.15) is 5.03 Å². The molecular formula is C18H23N3O2S2. The van der Waals surface area contributed by atoms with Gasteiger partial charge in [-0.15, -0.1) is 11.3 Å². The van der Waals surface area contributed by atoms with Crippen LogP contribution in [0.25, 0.3) is 0 Å². The Bertz CT molecular complexity index is 809. The lowest BCUT2D eigenvalue weighted by Gasteiger charge is -2.24. The molecule has 0 amide bonds. The van der Waals surface area contributed by atoms with E-state index in [9.17, 15) is 4.79 Å². The van der Waals surface area contributed by atoms with E-state index in [1.807, 2.05) is 11.5 Å². The average molecular weight is 378 g/mol. The maximum Gasteiger partial charge on any atom is 0.348 e. The predicted molar refractivity (Wildman–Crippen MR) is 101 cm³/mol. The van der Waals surface area contributed by atoms with Crippen LogP contribution in [-0.2, 0) is 29.9 Å². The number of hydrogen-bond donors (Lipinski definition) is 0. The molecule has 0 N–H and O–H groups in total. The molecule has 134 valence electrons. The summed E-state index contributed by atoms with van der Waals surface area (Å²) in [5, 5.41) is 4.08. The van der Waals surface area contributed by atoms with Crippen LogP contribution in [0.3, 0.4) is 0 Å². The summed E-state index contributed by atoms with van der Waals surface area (Å²) in [6, 6.07) is 0. The van der Waals surface area contributed by atoms with Crippen molar-refractivity contribution < 1.29 is 4.74 Å². The number of thiazole rings is 1. The van der Waals surface area contributed by atoms with Crippen LogP contribution in [0.5, 0.6) is 0 Å². The van der Waals surface area contributed by atoms with Crippen molar-refractivity contribution in [3.05, 3.63) is 37.8 Å². The second kappa shape index (κ2) is 7.60. The van der Waals surface area contributed by atoms with E-state index in [2.05, 4.69) is 15.3 Å². The van der Waals surface area contributed by atoms with Crippen molar-refractivity contribution >= 4 is 23.1 Å². The molecule has 0 bridgehead atoms. The van der Waals surface area contributed by atoms with Gasteiger partial charge < -0.3 is 4.74 Å². The molecule has 0 aromatic carbocycles. The van der Waals surface area contributed by atoms with Crippen LogP contribution in [-0.4, -0.2) is 27.2 Å². The predicted octanol–water partition coefficient (Wildman–Crippen LogP) is 3.36. The number of nitrogens with zero attached hydrogens (tertiary/aromatic N) is 3.